The van der Waals surface area contributed by atoms with E-state index in [-0.39, 0.29) is 23.7 Å². The molecule has 2 atom stereocenters. The topological polar surface area (TPSA) is 49.4 Å². The van der Waals surface area contributed by atoms with Crippen LogP contribution in [0.25, 0.3) is 12.2 Å². The summed E-state index contributed by atoms with van der Waals surface area (Å²) in [5.41, 5.74) is 5.11. The number of carbonyl (C=O) groups excluding carboxylic acids is 2. The van der Waals surface area contributed by atoms with Crippen LogP contribution < -0.4 is 10.2 Å². The highest BCUT2D eigenvalue weighted by atomic mass is 35.5. The summed E-state index contributed by atoms with van der Waals surface area (Å²) in [4.78, 5) is 26.0. The van der Waals surface area contributed by atoms with Gasteiger partial charge < -0.3 is 10.2 Å². The van der Waals surface area contributed by atoms with Crippen LogP contribution in [0.2, 0.25) is 5.02 Å². The van der Waals surface area contributed by atoms with Gasteiger partial charge in [-0.25, -0.2) is 0 Å². The molecule has 4 nitrogen and oxygen atoms in total. The van der Waals surface area contributed by atoms with Crippen LogP contribution in [0.1, 0.15) is 41.5 Å². The lowest BCUT2D eigenvalue weighted by Gasteiger charge is -2.26. The molecule has 2 aromatic carbocycles. The number of halogens is 1. The summed E-state index contributed by atoms with van der Waals surface area (Å²) >= 11 is 6.14. The molecule has 2 aromatic rings. The molecule has 1 aliphatic heterocycles. The molecule has 2 aliphatic rings. The number of hydrogen-bond acceptors (Lipinski definition) is 2. The van der Waals surface area contributed by atoms with Crippen molar-refractivity contribution >= 4 is 41.3 Å². The predicted molar refractivity (Wildman–Crippen MR) is 109 cm³/mol. The second kappa shape index (κ2) is 6.86. The lowest BCUT2D eigenvalue weighted by molar-refractivity contribution is -0.122. The Balaban J connectivity index is 1.73. The van der Waals surface area contributed by atoms with Crippen LogP contribution in [0.4, 0.5) is 5.69 Å². The first-order valence-corrected chi connectivity index (χ1v) is 9.46. The molecule has 138 valence electrons. The lowest BCUT2D eigenvalue weighted by Crippen LogP contribution is -2.29. The van der Waals surface area contributed by atoms with Gasteiger partial charge in [0.25, 0.3) is 0 Å². The molecule has 5 heteroatoms. The van der Waals surface area contributed by atoms with Crippen molar-refractivity contribution in [3.8, 4) is 0 Å². The third kappa shape index (κ3) is 3.37. The minimum Gasteiger partial charge on any atom is -0.359 e. The zero-order valence-electron chi connectivity index (χ0n) is 15.3. The van der Waals surface area contributed by atoms with Crippen molar-refractivity contribution in [2.24, 2.45) is 5.92 Å². The normalized spacial score (nSPS) is 21.4. The summed E-state index contributed by atoms with van der Waals surface area (Å²) in [5, 5.41) is 3.38. The van der Waals surface area contributed by atoms with E-state index in [2.05, 4.69) is 29.6 Å². The van der Waals surface area contributed by atoms with Gasteiger partial charge in [0.05, 0.1) is 12.2 Å². The number of rotatable bonds is 2. The standard InChI is InChI=1S/C22H21ClN2O2/c1-13(26)25-12-17-9-15(19-11-20(19)22(27)24-2)5-3-14(17)4-6-16-10-18(23)7-8-21(16)25/h3-10,19-20H,11-12H2,1-2H3,(H,24,27)/b6-4-/t19-,20+/m0/s1. The highest BCUT2D eigenvalue weighted by molar-refractivity contribution is 6.30. The maximum Gasteiger partial charge on any atom is 0.224 e. The molecule has 0 aromatic heterocycles. The first-order chi connectivity index (χ1) is 13.0. The molecule has 1 N–H and O–H groups in total. The molecule has 4 rings (SSSR count). The van der Waals surface area contributed by atoms with Crippen molar-refractivity contribution in [2.45, 2.75) is 25.8 Å². The first-order valence-electron chi connectivity index (χ1n) is 9.08. The van der Waals surface area contributed by atoms with E-state index in [1.807, 2.05) is 18.2 Å². The van der Waals surface area contributed by atoms with Crippen LogP contribution in [0, 0.1) is 5.92 Å². The average molecular weight is 381 g/mol. The van der Waals surface area contributed by atoms with Gasteiger partial charge in [-0.05, 0) is 52.8 Å². The second-order valence-corrected chi connectivity index (χ2v) is 7.60. The Morgan fingerprint density at radius 2 is 1.89 bits per heavy atom. The fourth-order valence-electron chi connectivity index (χ4n) is 3.82. The quantitative estimate of drug-likeness (QED) is 0.847. The Labute approximate surface area is 163 Å². The maximum atomic E-state index is 12.3. The zero-order valence-corrected chi connectivity index (χ0v) is 16.1. The van der Waals surface area contributed by atoms with Gasteiger partial charge in [0, 0.05) is 24.9 Å². The average Bonchev–Trinajstić information content (AvgIpc) is 3.43. The number of nitrogens with zero attached hydrogens (tertiary/aromatic N) is 1. The highest BCUT2D eigenvalue weighted by Crippen LogP contribution is 2.48. The summed E-state index contributed by atoms with van der Waals surface area (Å²) < 4.78 is 0. The van der Waals surface area contributed by atoms with E-state index in [4.69, 9.17) is 11.6 Å². The fraction of sp³-hybridized carbons (Fsp3) is 0.273. The third-order valence-corrected chi connectivity index (χ3v) is 5.64. The zero-order chi connectivity index (χ0) is 19.1. The molecule has 0 radical (unpaired) electrons. The van der Waals surface area contributed by atoms with Crippen molar-refractivity contribution in [3.05, 3.63) is 63.7 Å². The second-order valence-electron chi connectivity index (χ2n) is 7.16. The van der Waals surface area contributed by atoms with E-state index in [0.29, 0.717) is 11.6 Å². The molecule has 1 aliphatic carbocycles. The molecule has 2 amide bonds. The van der Waals surface area contributed by atoms with Gasteiger partial charge >= 0.3 is 0 Å². The van der Waals surface area contributed by atoms with Gasteiger partial charge in [0.2, 0.25) is 11.8 Å². The molecule has 1 saturated carbocycles. The van der Waals surface area contributed by atoms with Crippen LogP contribution in [0.15, 0.2) is 36.4 Å². The Kier molecular flexibility index (Phi) is 4.52. The minimum absolute atomic E-state index is 0.0140. The maximum absolute atomic E-state index is 12.3. The van der Waals surface area contributed by atoms with Crippen molar-refractivity contribution < 1.29 is 9.59 Å². The smallest absolute Gasteiger partial charge is 0.224 e. The largest absolute Gasteiger partial charge is 0.359 e. The lowest BCUT2D eigenvalue weighted by atomic mass is 9.97. The van der Waals surface area contributed by atoms with Crippen molar-refractivity contribution in [2.75, 3.05) is 11.9 Å². The number of carbonyl (C=O) groups is 2. The number of hydrogen-bond donors (Lipinski definition) is 1. The molecule has 1 heterocycles. The van der Waals surface area contributed by atoms with Crippen molar-refractivity contribution in [1.29, 1.82) is 0 Å². The first kappa shape index (κ1) is 17.8. The van der Waals surface area contributed by atoms with Crippen LogP contribution in [-0.4, -0.2) is 18.9 Å². The van der Waals surface area contributed by atoms with Crippen LogP contribution in [0.5, 0.6) is 0 Å². The fourth-order valence-corrected chi connectivity index (χ4v) is 4.00. The van der Waals surface area contributed by atoms with Gasteiger partial charge in [0.1, 0.15) is 0 Å². The van der Waals surface area contributed by atoms with E-state index < -0.39 is 0 Å². The molecule has 0 spiro atoms. The SMILES string of the molecule is CNC(=O)[C@@H]1C[C@H]1c1ccc2c(c1)CN(C(C)=O)c1ccc(Cl)cc1/C=C\2. The minimum atomic E-state index is -0.0140. The molecule has 27 heavy (non-hydrogen) atoms. The summed E-state index contributed by atoms with van der Waals surface area (Å²) in [5.74, 6) is 0.410. The number of nitrogens with one attached hydrogen (secondary N) is 1. The molecular weight excluding hydrogens is 360 g/mol. The summed E-state index contributed by atoms with van der Waals surface area (Å²) in [6, 6.07) is 11.9. The Morgan fingerprint density at radius 1 is 1.11 bits per heavy atom. The van der Waals surface area contributed by atoms with Crippen molar-refractivity contribution in [3.63, 3.8) is 0 Å². The van der Waals surface area contributed by atoms with Gasteiger partial charge in [-0.2, -0.15) is 0 Å². The van der Waals surface area contributed by atoms with Gasteiger partial charge in [-0.1, -0.05) is 42.0 Å². The van der Waals surface area contributed by atoms with Crippen molar-refractivity contribution in [1.82, 2.24) is 5.32 Å². The van der Waals surface area contributed by atoms with Gasteiger partial charge in [0.15, 0.2) is 0 Å². The van der Waals surface area contributed by atoms with E-state index in [1.165, 1.54) is 0 Å². The third-order valence-electron chi connectivity index (χ3n) is 5.40. The van der Waals surface area contributed by atoms with E-state index >= 15 is 0 Å². The number of amides is 2. The molecule has 1 fully saturated rings. The van der Waals surface area contributed by atoms with Crippen LogP contribution >= 0.6 is 11.6 Å². The van der Waals surface area contributed by atoms with Gasteiger partial charge in [-0.15, -0.1) is 0 Å². The summed E-state index contributed by atoms with van der Waals surface area (Å²) in [6.07, 6.45) is 4.94. The summed E-state index contributed by atoms with van der Waals surface area (Å²) in [6.45, 7) is 2.07. The number of benzene rings is 2. The Morgan fingerprint density at radius 3 is 2.63 bits per heavy atom. The molecule has 0 bridgehead atoms. The van der Waals surface area contributed by atoms with E-state index in [9.17, 15) is 9.59 Å². The van der Waals surface area contributed by atoms with E-state index in [1.54, 1.807) is 24.9 Å². The molecular formula is C22H21ClN2O2. The Hall–Kier alpha value is -2.59. The van der Waals surface area contributed by atoms with Gasteiger partial charge in [-0.3, -0.25) is 9.59 Å². The van der Waals surface area contributed by atoms with Crippen LogP contribution in [0.3, 0.4) is 0 Å². The Bertz CT molecular complexity index is 967. The molecule has 0 unspecified atom stereocenters. The monoisotopic (exact) mass is 380 g/mol. The van der Waals surface area contributed by atoms with Crippen LogP contribution in [-0.2, 0) is 16.1 Å². The summed E-state index contributed by atoms with van der Waals surface area (Å²) in [7, 11) is 1.68. The van der Waals surface area contributed by atoms with E-state index in [0.717, 1.165) is 34.4 Å². The number of fused-ring (bicyclic) bond motifs is 2. The molecule has 0 saturated heterocycles. The highest BCUT2D eigenvalue weighted by Gasteiger charge is 2.43. The number of anilines is 1. The predicted octanol–water partition coefficient (Wildman–Crippen LogP) is 4.23.